The van der Waals surface area contributed by atoms with Crippen LogP contribution in [0.15, 0.2) is 24.3 Å². The maximum absolute atomic E-state index is 12.7. The van der Waals surface area contributed by atoms with E-state index in [0.717, 1.165) is 12.8 Å². The molecule has 2 heterocycles. The Morgan fingerprint density at radius 2 is 1.92 bits per heavy atom. The van der Waals surface area contributed by atoms with E-state index in [9.17, 15) is 9.59 Å². The summed E-state index contributed by atoms with van der Waals surface area (Å²) in [6.07, 6.45) is 0.932. The first-order chi connectivity index (χ1) is 12.1. The number of likely N-dealkylation sites (N-methyl/N-ethyl adjacent to an activating group) is 1. The third-order valence-electron chi connectivity index (χ3n) is 4.82. The second-order valence-electron chi connectivity index (χ2n) is 6.38. The zero-order chi connectivity index (χ0) is 17.8. The molecule has 1 amide bonds. The van der Waals surface area contributed by atoms with Crippen LogP contribution in [0.2, 0.25) is 0 Å². The molecule has 0 aliphatic carbocycles. The van der Waals surface area contributed by atoms with Crippen LogP contribution < -0.4 is 9.47 Å². The van der Waals surface area contributed by atoms with E-state index in [2.05, 4.69) is 0 Å². The number of hydrogen-bond acceptors (Lipinski definition) is 5. The van der Waals surface area contributed by atoms with Crippen LogP contribution in [0.5, 0.6) is 11.5 Å². The molecular formula is C18H24N2O5. The standard InChI is InChI=1S/C18H24N2O5/c1-2-19(11-17(21)22)13-7-9-20(10-8-13)18(23)16-12-24-14-5-3-4-6-15(14)25-16/h3-6,13,16H,2,7-12H2,1H3,(H,21,22). The van der Waals surface area contributed by atoms with Gasteiger partial charge in [0.15, 0.2) is 11.5 Å². The summed E-state index contributed by atoms with van der Waals surface area (Å²) in [6.45, 7) is 4.15. The number of carbonyl (C=O) groups excluding carboxylic acids is 1. The van der Waals surface area contributed by atoms with Crippen LogP contribution in [0.4, 0.5) is 0 Å². The molecule has 1 fully saturated rings. The number of aliphatic carboxylic acids is 1. The van der Waals surface area contributed by atoms with E-state index in [0.29, 0.717) is 31.1 Å². The van der Waals surface area contributed by atoms with Crippen molar-refractivity contribution in [3.63, 3.8) is 0 Å². The molecule has 7 heteroatoms. The lowest BCUT2D eigenvalue weighted by Gasteiger charge is -2.39. The first-order valence-electron chi connectivity index (χ1n) is 8.71. The summed E-state index contributed by atoms with van der Waals surface area (Å²) in [7, 11) is 0. The molecule has 2 aliphatic heterocycles. The Morgan fingerprint density at radius 1 is 1.24 bits per heavy atom. The SMILES string of the molecule is CCN(CC(=O)O)C1CCN(C(=O)C2COc3ccccc3O2)CC1. The van der Waals surface area contributed by atoms with Gasteiger partial charge >= 0.3 is 5.97 Å². The van der Waals surface area contributed by atoms with Gasteiger partial charge in [0.2, 0.25) is 6.10 Å². The fraction of sp³-hybridized carbons (Fsp3) is 0.556. The third kappa shape index (κ3) is 4.04. The molecule has 136 valence electrons. The van der Waals surface area contributed by atoms with E-state index in [1.54, 1.807) is 11.0 Å². The molecule has 7 nitrogen and oxygen atoms in total. The first-order valence-corrected chi connectivity index (χ1v) is 8.71. The van der Waals surface area contributed by atoms with Gasteiger partial charge < -0.3 is 19.5 Å². The smallest absolute Gasteiger partial charge is 0.317 e. The monoisotopic (exact) mass is 348 g/mol. The Labute approximate surface area is 147 Å². The molecule has 1 aromatic carbocycles. The second kappa shape index (κ2) is 7.74. The van der Waals surface area contributed by atoms with Crippen molar-refractivity contribution in [3.8, 4) is 11.5 Å². The maximum Gasteiger partial charge on any atom is 0.317 e. The fourth-order valence-electron chi connectivity index (χ4n) is 3.47. The number of nitrogens with zero attached hydrogens (tertiary/aromatic N) is 2. The fourth-order valence-corrected chi connectivity index (χ4v) is 3.47. The number of benzene rings is 1. The highest BCUT2D eigenvalue weighted by Crippen LogP contribution is 2.31. The zero-order valence-corrected chi connectivity index (χ0v) is 14.4. The number of hydrogen-bond donors (Lipinski definition) is 1. The van der Waals surface area contributed by atoms with Crippen LogP contribution in [0.3, 0.4) is 0 Å². The molecule has 1 saturated heterocycles. The van der Waals surface area contributed by atoms with E-state index in [1.807, 2.05) is 30.0 Å². The number of piperidine rings is 1. The van der Waals surface area contributed by atoms with Gasteiger partial charge in [0.1, 0.15) is 6.61 Å². The Kier molecular flexibility index (Phi) is 5.43. The van der Waals surface area contributed by atoms with Crippen molar-refractivity contribution in [2.75, 3.05) is 32.8 Å². The molecule has 1 aromatic rings. The van der Waals surface area contributed by atoms with E-state index in [4.69, 9.17) is 14.6 Å². The highest BCUT2D eigenvalue weighted by Gasteiger charge is 2.34. The van der Waals surface area contributed by atoms with Crippen molar-refractivity contribution >= 4 is 11.9 Å². The van der Waals surface area contributed by atoms with Gasteiger partial charge in [0.05, 0.1) is 6.54 Å². The number of carboxylic acid groups (broad SMARTS) is 1. The van der Waals surface area contributed by atoms with Crippen LogP contribution in [-0.2, 0) is 9.59 Å². The molecule has 0 saturated carbocycles. The summed E-state index contributed by atoms with van der Waals surface area (Å²) in [6, 6.07) is 7.54. The van der Waals surface area contributed by atoms with Gasteiger partial charge in [-0.15, -0.1) is 0 Å². The molecule has 0 bridgehead atoms. The van der Waals surface area contributed by atoms with Gasteiger partial charge in [-0.25, -0.2) is 0 Å². The van der Waals surface area contributed by atoms with E-state index >= 15 is 0 Å². The maximum atomic E-state index is 12.7. The molecule has 0 radical (unpaired) electrons. The average Bonchev–Trinajstić information content (AvgIpc) is 2.65. The molecule has 2 aliphatic rings. The zero-order valence-electron chi connectivity index (χ0n) is 14.4. The Bertz CT molecular complexity index is 628. The van der Waals surface area contributed by atoms with E-state index in [1.165, 1.54) is 0 Å². The van der Waals surface area contributed by atoms with Crippen LogP contribution in [0, 0.1) is 0 Å². The predicted octanol–water partition coefficient (Wildman–Crippen LogP) is 1.22. The van der Waals surface area contributed by atoms with Gasteiger partial charge in [-0.1, -0.05) is 19.1 Å². The minimum absolute atomic E-state index is 0.0471. The highest BCUT2D eigenvalue weighted by atomic mass is 16.6. The summed E-state index contributed by atoms with van der Waals surface area (Å²) in [4.78, 5) is 27.4. The molecule has 1 atom stereocenters. The topological polar surface area (TPSA) is 79.3 Å². The van der Waals surface area contributed by atoms with Crippen molar-refractivity contribution in [1.29, 1.82) is 0 Å². The summed E-state index contributed by atoms with van der Waals surface area (Å²) >= 11 is 0. The lowest BCUT2D eigenvalue weighted by molar-refractivity contribution is -0.144. The molecule has 0 spiro atoms. The third-order valence-corrected chi connectivity index (χ3v) is 4.82. The number of likely N-dealkylation sites (tertiary alicyclic amines) is 1. The molecule has 25 heavy (non-hydrogen) atoms. The lowest BCUT2D eigenvalue weighted by Crippen LogP contribution is -2.52. The van der Waals surface area contributed by atoms with Crippen molar-refractivity contribution in [3.05, 3.63) is 24.3 Å². The quantitative estimate of drug-likeness (QED) is 0.862. The van der Waals surface area contributed by atoms with E-state index < -0.39 is 12.1 Å². The first kappa shape index (κ1) is 17.5. The number of carbonyl (C=O) groups is 2. The Balaban J connectivity index is 1.54. The van der Waals surface area contributed by atoms with Crippen molar-refractivity contribution in [2.45, 2.75) is 31.9 Å². The number of para-hydroxylation sites is 2. The minimum Gasteiger partial charge on any atom is -0.485 e. The molecular weight excluding hydrogens is 324 g/mol. The van der Waals surface area contributed by atoms with Crippen molar-refractivity contribution in [2.24, 2.45) is 0 Å². The van der Waals surface area contributed by atoms with Crippen LogP contribution in [0.25, 0.3) is 0 Å². The number of rotatable bonds is 5. The van der Waals surface area contributed by atoms with Crippen molar-refractivity contribution < 1.29 is 24.2 Å². The van der Waals surface area contributed by atoms with Crippen LogP contribution in [0.1, 0.15) is 19.8 Å². The van der Waals surface area contributed by atoms with Gasteiger partial charge in [-0.3, -0.25) is 14.5 Å². The van der Waals surface area contributed by atoms with Gasteiger partial charge in [0, 0.05) is 19.1 Å². The molecule has 3 rings (SSSR count). The summed E-state index contributed by atoms with van der Waals surface area (Å²) in [5.41, 5.74) is 0. The normalized spacial score (nSPS) is 20.6. The largest absolute Gasteiger partial charge is 0.485 e. The molecule has 1 N–H and O–H groups in total. The van der Waals surface area contributed by atoms with Crippen LogP contribution in [-0.4, -0.2) is 71.7 Å². The number of fused-ring (bicyclic) bond motifs is 1. The van der Waals surface area contributed by atoms with Gasteiger partial charge in [-0.2, -0.15) is 0 Å². The average molecular weight is 348 g/mol. The van der Waals surface area contributed by atoms with E-state index in [-0.39, 0.29) is 25.1 Å². The lowest BCUT2D eigenvalue weighted by atomic mass is 10.0. The molecule has 1 unspecified atom stereocenters. The summed E-state index contributed by atoms with van der Waals surface area (Å²) < 4.78 is 11.4. The van der Waals surface area contributed by atoms with Gasteiger partial charge in [-0.05, 0) is 31.5 Å². The number of carboxylic acids is 1. The second-order valence-corrected chi connectivity index (χ2v) is 6.38. The summed E-state index contributed by atoms with van der Waals surface area (Å²) in [5.74, 6) is 0.388. The highest BCUT2D eigenvalue weighted by molar-refractivity contribution is 5.82. The predicted molar refractivity (Wildman–Crippen MR) is 90.8 cm³/mol. The summed E-state index contributed by atoms with van der Waals surface area (Å²) in [5, 5.41) is 9.00. The molecule has 0 aromatic heterocycles. The number of ether oxygens (including phenoxy) is 2. The van der Waals surface area contributed by atoms with Gasteiger partial charge in [0.25, 0.3) is 5.91 Å². The Hall–Kier alpha value is -2.28. The number of amides is 1. The van der Waals surface area contributed by atoms with Crippen molar-refractivity contribution in [1.82, 2.24) is 9.80 Å². The Morgan fingerprint density at radius 3 is 2.56 bits per heavy atom. The van der Waals surface area contributed by atoms with Crippen LogP contribution >= 0.6 is 0 Å². The minimum atomic E-state index is -0.813.